The van der Waals surface area contributed by atoms with Crippen molar-refractivity contribution in [3.63, 3.8) is 0 Å². The molecule has 2 aromatic carbocycles. The number of pyridine rings is 1. The summed E-state index contributed by atoms with van der Waals surface area (Å²) in [5, 5.41) is 0. The molecule has 134 valence electrons. The normalized spacial score (nSPS) is 18.4. The Morgan fingerprint density at radius 3 is 2.11 bits per heavy atom. The molecule has 3 heteroatoms. The van der Waals surface area contributed by atoms with Gasteiger partial charge in [-0.05, 0) is 35.7 Å². The van der Waals surface area contributed by atoms with E-state index in [9.17, 15) is 0 Å². The standard InChI is InChI=1S/C25H20N3/c1-15-7-3-4-8-16(15)20-12-11-19-21-17-9-5-6-10-18(17)22(25(19)28(20)2)24-23(21)26-13-14-27-24/h3-14,21-22H,1-2H3/q+1. The molecule has 3 aliphatic rings. The zero-order chi connectivity index (χ0) is 18.8. The van der Waals surface area contributed by atoms with E-state index in [1.807, 2.05) is 12.4 Å². The minimum absolute atomic E-state index is 0.133. The first-order chi connectivity index (χ1) is 13.8. The largest absolute Gasteiger partial charge is 0.257 e. The van der Waals surface area contributed by atoms with E-state index < -0.39 is 0 Å². The van der Waals surface area contributed by atoms with Crippen molar-refractivity contribution in [3.8, 4) is 11.3 Å². The van der Waals surface area contributed by atoms with E-state index in [1.54, 1.807) is 0 Å². The van der Waals surface area contributed by atoms with Crippen LogP contribution in [0.4, 0.5) is 0 Å². The van der Waals surface area contributed by atoms with Crippen LogP contribution < -0.4 is 4.57 Å². The molecule has 2 bridgehead atoms. The van der Waals surface area contributed by atoms with Crippen LogP contribution in [0.1, 0.15) is 51.2 Å². The summed E-state index contributed by atoms with van der Waals surface area (Å²) >= 11 is 0. The highest BCUT2D eigenvalue weighted by Gasteiger charge is 2.48. The van der Waals surface area contributed by atoms with Gasteiger partial charge in [0.2, 0.25) is 5.69 Å². The van der Waals surface area contributed by atoms with Gasteiger partial charge in [-0.1, -0.05) is 42.5 Å². The van der Waals surface area contributed by atoms with Gasteiger partial charge in [0.15, 0.2) is 5.69 Å². The Morgan fingerprint density at radius 1 is 0.714 bits per heavy atom. The van der Waals surface area contributed by atoms with E-state index in [2.05, 4.69) is 79.2 Å². The number of rotatable bonds is 1. The van der Waals surface area contributed by atoms with Crippen LogP contribution in [0.2, 0.25) is 0 Å². The van der Waals surface area contributed by atoms with Gasteiger partial charge in [0, 0.05) is 29.6 Å². The lowest BCUT2D eigenvalue weighted by Gasteiger charge is -2.37. The van der Waals surface area contributed by atoms with Crippen molar-refractivity contribution in [1.29, 1.82) is 0 Å². The average Bonchev–Trinajstić information content (AvgIpc) is 2.74. The van der Waals surface area contributed by atoms with E-state index in [1.165, 1.54) is 39.2 Å². The maximum Gasteiger partial charge on any atom is 0.212 e. The summed E-state index contributed by atoms with van der Waals surface area (Å²) in [6.07, 6.45) is 3.65. The van der Waals surface area contributed by atoms with E-state index in [-0.39, 0.29) is 11.8 Å². The molecule has 0 saturated carbocycles. The van der Waals surface area contributed by atoms with E-state index >= 15 is 0 Å². The van der Waals surface area contributed by atoms with E-state index in [0.29, 0.717) is 0 Å². The van der Waals surface area contributed by atoms with Crippen molar-refractivity contribution in [3.05, 3.63) is 112 Å². The second kappa shape index (κ2) is 5.59. The van der Waals surface area contributed by atoms with Gasteiger partial charge in [-0.2, -0.15) is 4.57 Å². The molecule has 0 amide bonds. The van der Waals surface area contributed by atoms with Crippen LogP contribution in [0.3, 0.4) is 0 Å². The number of hydrogen-bond donors (Lipinski definition) is 0. The van der Waals surface area contributed by atoms with Gasteiger partial charge in [-0.3, -0.25) is 9.97 Å². The summed E-state index contributed by atoms with van der Waals surface area (Å²) < 4.78 is 2.38. The quantitative estimate of drug-likeness (QED) is 0.409. The lowest BCUT2D eigenvalue weighted by Crippen LogP contribution is -2.44. The predicted octanol–water partition coefficient (Wildman–Crippen LogP) is 4.26. The minimum Gasteiger partial charge on any atom is -0.257 e. The molecule has 0 spiro atoms. The highest BCUT2D eigenvalue weighted by Crippen LogP contribution is 2.53. The molecular weight excluding hydrogens is 342 g/mol. The van der Waals surface area contributed by atoms with Crippen LogP contribution in [0.5, 0.6) is 0 Å². The Bertz CT molecular complexity index is 1210. The van der Waals surface area contributed by atoms with Crippen molar-refractivity contribution >= 4 is 0 Å². The highest BCUT2D eigenvalue weighted by molar-refractivity contribution is 5.66. The van der Waals surface area contributed by atoms with Crippen LogP contribution in [0, 0.1) is 6.92 Å². The molecule has 28 heavy (non-hydrogen) atoms. The van der Waals surface area contributed by atoms with Crippen molar-refractivity contribution in [2.45, 2.75) is 18.8 Å². The molecule has 4 aromatic rings. The third-order valence-corrected chi connectivity index (χ3v) is 6.37. The van der Waals surface area contributed by atoms with Crippen LogP contribution >= 0.6 is 0 Å². The van der Waals surface area contributed by atoms with Gasteiger partial charge < -0.3 is 0 Å². The predicted molar refractivity (Wildman–Crippen MR) is 108 cm³/mol. The fourth-order valence-electron chi connectivity index (χ4n) is 5.15. The Hall–Kier alpha value is -3.33. The van der Waals surface area contributed by atoms with E-state index in [4.69, 9.17) is 9.97 Å². The first-order valence-corrected chi connectivity index (χ1v) is 9.74. The molecule has 2 atom stereocenters. The van der Waals surface area contributed by atoms with Crippen molar-refractivity contribution in [1.82, 2.24) is 9.97 Å². The second-order valence-electron chi connectivity index (χ2n) is 7.75. The molecule has 0 radical (unpaired) electrons. The molecule has 7 rings (SSSR count). The third-order valence-electron chi connectivity index (χ3n) is 6.37. The van der Waals surface area contributed by atoms with Gasteiger partial charge in [0.25, 0.3) is 0 Å². The summed E-state index contributed by atoms with van der Waals surface area (Å²) in [5.41, 5.74) is 11.5. The maximum atomic E-state index is 4.78. The van der Waals surface area contributed by atoms with Crippen molar-refractivity contribution in [2.75, 3.05) is 0 Å². The summed E-state index contributed by atoms with van der Waals surface area (Å²) in [5.74, 6) is 0.297. The molecule has 0 N–H and O–H groups in total. The summed E-state index contributed by atoms with van der Waals surface area (Å²) in [6.45, 7) is 2.18. The van der Waals surface area contributed by atoms with Crippen molar-refractivity contribution in [2.24, 2.45) is 7.05 Å². The molecule has 0 fully saturated rings. The van der Waals surface area contributed by atoms with Gasteiger partial charge in [-0.15, -0.1) is 0 Å². The SMILES string of the molecule is Cc1ccccc1-c1ccc2c([n+]1C)C1c3ccccc3C2c2nccnc21. The number of aryl methyl sites for hydroxylation is 1. The van der Waals surface area contributed by atoms with Crippen LogP contribution in [0.15, 0.2) is 73.1 Å². The summed E-state index contributed by atoms with van der Waals surface area (Å²) in [6, 6.07) is 22.0. The minimum atomic E-state index is 0.133. The number of aromatic nitrogens is 3. The molecule has 3 nitrogen and oxygen atoms in total. The Balaban J connectivity index is 1.67. The second-order valence-corrected chi connectivity index (χ2v) is 7.75. The van der Waals surface area contributed by atoms with Crippen LogP contribution in [-0.2, 0) is 7.05 Å². The molecule has 2 heterocycles. The molecule has 0 aliphatic heterocycles. The molecular formula is C25H20N3+. The lowest BCUT2D eigenvalue weighted by molar-refractivity contribution is -0.669. The number of nitrogens with zero attached hydrogens (tertiary/aromatic N) is 3. The fraction of sp³-hybridized carbons (Fsp3) is 0.160. The zero-order valence-corrected chi connectivity index (χ0v) is 15.9. The molecule has 0 saturated heterocycles. The first kappa shape index (κ1) is 15.7. The Labute approximate surface area is 164 Å². The third kappa shape index (κ3) is 1.91. The number of benzene rings is 2. The molecule has 2 unspecified atom stereocenters. The number of hydrogen-bond acceptors (Lipinski definition) is 2. The van der Waals surface area contributed by atoms with Gasteiger partial charge in [0.1, 0.15) is 13.0 Å². The molecule has 2 aromatic heterocycles. The molecule has 3 aliphatic carbocycles. The Morgan fingerprint density at radius 2 is 1.36 bits per heavy atom. The maximum absolute atomic E-state index is 4.78. The topological polar surface area (TPSA) is 29.7 Å². The average molecular weight is 362 g/mol. The van der Waals surface area contributed by atoms with Crippen molar-refractivity contribution < 1.29 is 4.57 Å². The fourth-order valence-corrected chi connectivity index (χ4v) is 5.15. The van der Waals surface area contributed by atoms with Gasteiger partial charge >= 0.3 is 0 Å². The Kier molecular flexibility index (Phi) is 3.13. The zero-order valence-electron chi connectivity index (χ0n) is 15.9. The summed E-state index contributed by atoms with van der Waals surface area (Å²) in [7, 11) is 2.19. The van der Waals surface area contributed by atoms with Crippen LogP contribution in [0.25, 0.3) is 11.3 Å². The first-order valence-electron chi connectivity index (χ1n) is 9.74. The van der Waals surface area contributed by atoms with Crippen LogP contribution in [-0.4, -0.2) is 9.97 Å². The lowest BCUT2D eigenvalue weighted by atomic mass is 9.65. The monoisotopic (exact) mass is 362 g/mol. The summed E-state index contributed by atoms with van der Waals surface area (Å²) in [4.78, 5) is 9.54. The highest BCUT2D eigenvalue weighted by atomic mass is 15.0. The van der Waals surface area contributed by atoms with E-state index in [0.717, 1.165) is 11.4 Å². The van der Waals surface area contributed by atoms with Gasteiger partial charge in [0.05, 0.1) is 17.3 Å². The smallest absolute Gasteiger partial charge is 0.212 e. The van der Waals surface area contributed by atoms with Gasteiger partial charge in [-0.25, -0.2) is 0 Å².